The molecular formula is C22H30N4OS. The van der Waals surface area contributed by atoms with Gasteiger partial charge in [-0.1, -0.05) is 63.3 Å². The predicted molar refractivity (Wildman–Crippen MR) is 114 cm³/mol. The number of likely N-dealkylation sites (tertiary alicyclic amines) is 1. The van der Waals surface area contributed by atoms with E-state index in [4.69, 9.17) is 0 Å². The van der Waals surface area contributed by atoms with E-state index < -0.39 is 0 Å². The van der Waals surface area contributed by atoms with Gasteiger partial charge in [0.25, 0.3) is 0 Å². The molecule has 0 radical (unpaired) electrons. The fourth-order valence-electron chi connectivity index (χ4n) is 4.54. The second-order valence-corrected chi connectivity index (χ2v) is 9.78. The first-order valence-corrected chi connectivity index (χ1v) is 11.0. The number of benzene rings is 1. The molecule has 0 saturated carbocycles. The average molecular weight is 399 g/mol. The summed E-state index contributed by atoms with van der Waals surface area (Å²) in [7, 11) is 0. The minimum atomic E-state index is 0.0280. The third-order valence-electron chi connectivity index (χ3n) is 5.74. The van der Waals surface area contributed by atoms with Gasteiger partial charge in [0.2, 0.25) is 10.8 Å². The zero-order valence-electron chi connectivity index (χ0n) is 17.4. The highest BCUT2D eigenvalue weighted by Gasteiger charge is 2.33. The summed E-state index contributed by atoms with van der Waals surface area (Å²) in [6.45, 7) is 13.0. The summed E-state index contributed by atoms with van der Waals surface area (Å²) >= 11 is 1.55. The van der Waals surface area contributed by atoms with Crippen molar-refractivity contribution in [1.29, 1.82) is 0 Å². The summed E-state index contributed by atoms with van der Waals surface area (Å²) in [5.74, 6) is 2.71. The van der Waals surface area contributed by atoms with Crippen molar-refractivity contribution in [2.75, 3.05) is 13.1 Å². The molecule has 28 heavy (non-hydrogen) atoms. The van der Waals surface area contributed by atoms with Gasteiger partial charge in [-0.25, -0.2) is 4.98 Å². The van der Waals surface area contributed by atoms with E-state index >= 15 is 0 Å². The van der Waals surface area contributed by atoms with Gasteiger partial charge >= 0.3 is 0 Å². The van der Waals surface area contributed by atoms with Crippen LogP contribution in [0, 0.1) is 18.8 Å². The van der Waals surface area contributed by atoms with E-state index in [1.54, 1.807) is 15.9 Å². The molecule has 0 amide bonds. The maximum absolute atomic E-state index is 11.0. The van der Waals surface area contributed by atoms with Gasteiger partial charge in [0.15, 0.2) is 0 Å². The minimum absolute atomic E-state index is 0.0280. The van der Waals surface area contributed by atoms with Crippen LogP contribution < -0.4 is 0 Å². The summed E-state index contributed by atoms with van der Waals surface area (Å²) in [4.78, 5) is 8.70. The Kier molecular flexibility index (Phi) is 5.19. The van der Waals surface area contributed by atoms with Gasteiger partial charge in [0.05, 0.1) is 10.9 Å². The second kappa shape index (κ2) is 7.48. The Labute approximate surface area is 171 Å². The summed E-state index contributed by atoms with van der Waals surface area (Å²) in [6, 6.07) is 8.93. The van der Waals surface area contributed by atoms with Crippen molar-refractivity contribution in [2.45, 2.75) is 53.0 Å². The van der Waals surface area contributed by atoms with Crippen molar-refractivity contribution in [2.24, 2.45) is 11.8 Å². The van der Waals surface area contributed by atoms with Crippen LogP contribution in [0.1, 0.15) is 67.9 Å². The van der Waals surface area contributed by atoms with Crippen LogP contribution in [0.15, 0.2) is 24.3 Å². The van der Waals surface area contributed by atoms with Crippen molar-refractivity contribution in [1.82, 2.24) is 19.5 Å². The molecule has 1 saturated heterocycles. The van der Waals surface area contributed by atoms with Gasteiger partial charge in [0, 0.05) is 13.1 Å². The molecule has 2 aromatic heterocycles. The SMILES string of the molecule is Cc1nc2sc([C@H](c3ccc(C(C)C)cc3)N3C[C@H](C)C[C@H](C)C3)c(O)n2n1. The lowest BCUT2D eigenvalue weighted by Gasteiger charge is -2.40. The first-order chi connectivity index (χ1) is 13.3. The van der Waals surface area contributed by atoms with Crippen LogP contribution in [0.4, 0.5) is 0 Å². The van der Waals surface area contributed by atoms with Crippen molar-refractivity contribution in [3.05, 3.63) is 46.1 Å². The Hall–Kier alpha value is -1.92. The molecule has 5 nitrogen and oxygen atoms in total. The third-order valence-corrected chi connectivity index (χ3v) is 6.81. The summed E-state index contributed by atoms with van der Waals surface area (Å²) in [6.07, 6.45) is 1.26. The maximum Gasteiger partial charge on any atom is 0.230 e. The molecule has 3 heterocycles. The number of fused-ring (bicyclic) bond motifs is 1. The number of hydrogen-bond acceptors (Lipinski definition) is 5. The van der Waals surface area contributed by atoms with Crippen molar-refractivity contribution in [3.8, 4) is 5.88 Å². The van der Waals surface area contributed by atoms with Crippen LogP contribution in [0.5, 0.6) is 5.88 Å². The Balaban J connectivity index is 1.80. The highest BCUT2D eigenvalue weighted by molar-refractivity contribution is 7.17. The number of aryl methyl sites for hydroxylation is 1. The lowest BCUT2D eigenvalue weighted by Crippen LogP contribution is -2.41. The number of aromatic hydroxyl groups is 1. The zero-order chi connectivity index (χ0) is 20.0. The average Bonchev–Trinajstić information content (AvgIpc) is 3.13. The number of hydrogen-bond donors (Lipinski definition) is 1. The minimum Gasteiger partial charge on any atom is -0.492 e. The zero-order valence-corrected chi connectivity index (χ0v) is 18.2. The second-order valence-electron chi connectivity index (χ2n) is 8.77. The number of rotatable bonds is 4. The van der Waals surface area contributed by atoms with E-state index in [1.807, 2.05) is 6.92 Å². The normalized spacial score (nSPS) is 22.2. The molecule has 4 rings (SSSR count). The van der Waals surface area contributed by atoms with Gasteiger partial charge in [-0.15, -0.1) is 5.10 Å². The van der Waals surface area contributed by atoms with E-state index in [-0.39, 0.29) is 11.9 Å². The number of piperidine rings is 1. The number of nitrogens with zero attached hydrogens (tertiary/aromatic N) is 4. The molecule has 1 fully saturated rings. The molecule has 0 bridgehead atoms. The third kappa shape index (κ3) is 3.55. The molecule has 3 aromatic rings. The smallest absolute Gasteiger partial charge is 0.230 e. The first-order valence-electron chi connectivity index (χ1n) is 10.2. The predicted octanol–water partition coefficient (Wildman–Crippen LogP) is 5.00. The summed E-state index contributed by atoms with van der Waals surface area (Å²) < 4.78 is 1.58. The largest absolute Gasteiger partial charge is 0.492 e. The summed E-state index contributed by atoms with van der Waals surface area (Å²) in [5, 5.41) is 15.4. The Morgan fingerprint density at radius 1 is 1.07 bits per heavy atom. The highest BCUT2D eigenvalue weighted by atomic mass is 32.1. The van der Waals surface area contributed by atoms with Crippen molar-refractivity contribution < 1.29 is 5.11 Å². The Morgan fingerprint density at radius 2 is 1.68 bits per heavy atom. The van der Waals surface area contributed by atoms with Crippen LogP contribution >= 0.6 is 11.3 Å². The van der Waals surface area contributed by atoms with Crippen LogP contribution in [-0.2, 0) is 0 Å². The molecule has 3 atom stereocenters. The molecule has 1 N–H and O–H groups in total. The first kappa shape index (κ1) is 19.4. The fourth-order valence-corrected chi connectivity index (χ4v) is 5.70. The van der Waals surface area contributed by atoms with Gasteiger partial charge in [0.1, 0.15) is 5.82 Å². The van der Waals surface area contributed by atoms with Crippen LogP contribution in [0.2, 0.25) is 0 Å². The van der Waals surface area contributed by atoms with E-state index in [0.717, 1.165) is 22.9 Å². The van der Waals surface area contributed by atoms with Crippen molar-refractivity contribution >= 4 is 16.3 Å². The molecule has 1 aliphatic heterocycles. The molecule has 0 aliphatic carbocycles. The molecule has 0 spiro atoms. The monoisotopic (exact) mass is 398 g/mol. The lowest BCUT2D eigenvalue weighted by atomic mass is 9.89. The van der Waals surface area contributed by atoms with Crippen LogP contribution in [0.25, 0.3) is 4.96 Å². The maximum atomic E-state index is 11.0. The quantitative estimate of drug-likeness (QED) is 0.672. The number of aromatic nitrogens is 3. The van der Waals surface area contributed by atoms with Gasteiger partial charge < -0.3 is 5.11 Å². The van der Waals surface area contributed by atoms with E-state index in [1.165, 1.54) is 17.5 Å². The van der Waals surface area contributed by atoms with E-state index in [2.05, 4.69) is 66.9 Å². The van der Waals surface area contributed by atoms with Gasteiger partial charge in [-0.3, -0.25) is 4.90 Å². The van der Waals surface area contributed by atoms with E-state index in [0.29, 0.717) is 23.6 Å². The molecule has 1 aliphatic rings. The standard InChI is InChI=1S/C22H30N4OS/c1-13(2)17-6-8-18(9-7-17)19(25-11-14(3)10-15(4)12-25)20-21(27)26-22(28-20)23-16(5)24-26/h6-9,13-15,19,27H,10-12H2,1-5H3/t14-,15+,19-/m0/s1. The summed E-state index contributed by atoms with van der Waals surface area (Å²) in [5.41, 5.74) is 2.56. The van der Waals surface area contributed by atoms with Crippen molar-refractivity contribution in [3.63, 3.8) is 0 Å². The number of thiazole rings is 1. The molecule has 0 unspecified atom stereocenters. The van der Waals surface area contributed by atoms with E-state index in [9.17, 15) is 5.11 Å². The van der Waals surface area contributed by atoms with Gasteiger partial charge in [-0.05, 0) is 42.2 Å². The molecule has 1 aromatic carbocycles. The van der Waals surface area contributed by atoms with Crippen LogP contribution in [-0.4, -0.2) is 37.7 Å². The molecule has 6 heteroatoms. The van der Waals surface area contributed by atoms with Gasteiger partial charge in [-0.2, -0.15) is 4.52 Å². The Morgan fingerprint density at radius 3 is 2.25 bits per heavy atom. The highest BCUT2D eigenvalue weighted by Crippen LogP contribution is 2.42. The molecule has 150 valence electrons. The molecular weight excluding hydrogens is 368 g/mol. The fraction of sp³-hybridized carbons (Fsp3) is 0.545. The lowest BCUT2D eigenvalue weighted by molar-refractivity contribution is 0.112. The van der Waals surface area contributed by atoms with Crippen LogP contribution in [0.3, 0.4) is 0 Å². The Bertz CT molecular complexity index is 949. The topological polar surface area (TPSA) is 53.7 Å².